The molecule has 1 N–H and O–H groups in total. The number of aromatic hydroxyl groups is 1. The molecule has 2 aromatic heterocycles. The highest BCUT2D eigenvalue weighted by Gasteiger charge is 2.17. The second-order valence-electron chi connectivity index (χ2n) is 4.74. The number of ketones is 1. The smallest absolute Gasteiger partial charge is 0.210 e. The molecule has 0 spiro atoms. The number of hydrogen-bond acceptors (Lipinski definition) is 2. The third-order valence-corrected chi connectivity index (χ3v) is 3.48. The van der Waals surface area contributed by atoms with Gasteiger partial charge in [-0.25, -0.2) is 0 Å². The number of phenols is 1. The second-order valence-corrected chi connectivity index (χ2v) is 4.74. The molecule has 0 fully saturated rings. The van der Waals surface area contributed by atoms with Gasteiger partial charge >= 0.3 is 0 Å². The molecule has 2 heterocycles. The van der Waals surface area contributed by atoms with Crippen LogP contribution < -0.4 is 0 Å². The van der Waals surface area contributed by atoms with Crippen molar-refractivity contribution < 1.29 is 9.90 Å². The molecule has 0 bridgehead atoms. The predicted molar refractivity (Wildman–Crippen MR) is 78.3 cm³/mol. The summed E-state index contributed by atoms with van der Waals surface area (Å²) in [5.41, 5.74) is 3.34. The molecule has 0 amide bonds. The molecular weight excluding hydrogens is 250 g/mol. The molecular formula is C17H15NO2. The zero-order valence-electron chi connectivity index (χ0n) is 11.2. The molecule has 3 aromatic rings. The Kier molecular flexibility index (Phi) is 3.03. The van der Waals surface area contributed by atoms with Crippen molar-refractivity contribution in [3.8, 4) is 5.75 Å². The van der Waals surface area contributed by atoms with Gasteiger partial charge in [-0.3, -0.25) is 4.79 Å². The molecule has 20 heavy (non-hydrogen) atoms. The van der Waals surface area contributed by atoms with Gasteiger partial charge in [-0.2, -0.15) is 0 Å². The number of aromatic nitrogens is 1. The van der Waals surface area contributed by atoms with Crippen molar-refractivity contribution in [1.29, 1.82) is 0 Å². The molecule has 100 valence electrons. The standard InChI is InChI=1S/C17H15NO2/c1-2-12-11-14-5-3-4-10-18(14)16(12)17(20)13-6-8-15(19)9-7-13/h3-11,19H,2H2,1H3. The molecule has 0 aliphatic rings. The number of benzene rings is 1. The molecule has 0 aliphatic carbocycles. The summed E-state index contributed by atoms with van der Waals surface area (Å²) >= 11 is 0. The summed E-state index contributed by atoms with van der Waals surface area (Å²) in [6.45, 7) is 2.04. The van der Waals surface area contributed by atoms with Gasteiger partial charge in [-0.1, -0.05) is 13.0 Å². The third kappa shape index (κ3) is 1.97. The van der Waals surface area contributed by atoms with Crippen molar-refractivity contribution in [2.75, 3.05) is 0 Å². The Labute approximate surface area is 117 Å². The van der Waals surface area contributed by atoms with Crippen molar-refractivity contribution in [3.05, 3.63) is 71.5 Å². The lowest BCUT2D eigenvalue weighted by Crippen LogP contribution is -2.07. The number of aryl methyl sites for hydroxylation is 1. The van der Waals surface area contributed by atoms with Gasteiger partial charge in [0.05, 0.1) is 5.69 Å². The highest BCUT2D eigenvalue weighted by atomic mass is 16.3. The van der Waals surface area contributed by atoms with Crippen LogP contribution in [-0.4, -0.2) is 15.3 Å². The first-order valence-electron chi connectivity index (χ1n) is 6.63. The van der Waals surface area contributed by atoms with Crippen LogP contribution in [0.1, 0.15) is 28.5 Å². The topological polar surface area (TPSA) is 41.7 Å². The molecule has 0 saturated heterocycles. The maximum atomic E-state index is 12.7. The molecule has 3 rings (SSSR count). The first kappa shape index (κ1) is 12.5. The van der Waals surface area contributed by atoms with Crippen LogP contribution in [0.15, 0.2) is 54.7 Å². The summed E-state index contributed by atoms with van der Waals surface area (Å²) in [4.78, 5) is 12.7. The van der Waals surface area contributed by atoms with Crippen LogP contribution in [0.3, 0.4) is 0 Å². The van der Waals surface area contributed by atoms with Crippen LogP contribution in [0.5, 0.6) is 5.75 Å². The van der Waals surface area contributed by atoms with E-state index in [9.17, 15) is 9.90 Å². The van der Waals surface area contributed by atoms with Crippen LogP contribution in [0, 0.1) is 0 Å². The summed E-state index contributed by atoms with van der Waals surface area (Å²) in [5.74, 6) is 0.144. The average molecular weight is 265 g/mol. The van der Waals surface area contributed by atoms with Crippen molar-refractivity contribution >= 4 is 11.3 Å². The minimum Gasteiger partial charge on any atom is -0.508 e. The molecule has 0 atom stereocenters. The van der Waals surface area contributed by atoms with Crippen LogP contribution in [0.25, 0.3) is 5.52 Å². The Morgan fingerprint density at radius 1 is 1.15 bits per heavy atom. The number of carbonyl (C=O) groups is 1. The lowest BCUT2D eigenvalue weighted by molar-refractivity contribution is 0.103. The highest BCUT2D eigenvalue weighted by Crippen LogP contribution is 2.21. The number of rotatable bonds is 3. The van der Waals surface area contributed by atoms with E-state index in [0.29, 0.717) is 11.3 Å². The first-order chi connectivity index (χ1) is 9.70. The molecule has 3 nitrogen and oxygen atoms in total. The molecule has 0 aliphatic heterocycles. The molecule has 0 saturated carbocycles. The maximum Gasteiger partial charge on any atom is 0.210 e. The Bertz CT molecular complexity index is 769. The maximum absolute atomic E-state index is 12.7. The number of pyridine rings is 1. The number of fused-ring (bicyclic) bond motifs is 1. The van der Waals surface area contributed by atoms with Crippen LogP contribution in [0.2, 0.25) is 0 Å². The Morgan fingerprint density at radius 3 is 2.60 bits per heavy atom. The van der Waals surface area contributed by atoms with Gasteiger partial charge in [-0.05, 0) is 54.4 Å². The molecule has 1 aromatic carbocycles. The van der Waals surface area contributed by atoms with E-state index in [1.807, 2.05) is 41.8 Å². The van der Waals surface area contributed by atoms with Gasteiger partial charge in [0.2, 0.25) is 5.78 Å². The minimum absolute atomic E-state index is 0.0203. The normalized spacial score (nSPS) is 10.8. The Balaban J connectivity index is 2.17. The van der Waals surface area contributed by atoms with Crippen molar-refractivity contribution in [3.63, 3.8) is 0 Å². The number of phenolic OH excluding ortho intramolecular Hbond substituents is 1. The zero-order chi connectivity index (χ0) is 14.1. The monoisotopic (exact) mass is 265 g/mol. The van der Waals surface area contributed by atoms with E-state index >= 15 is 0 Å². The summed E-state index contributed by atoms with van der Waals surface area (Å²) < 4.78 is 1.92. The van der Waals surface area contributed by atoms with Crippen LogP contribution in [-0.2, 0) is 6.42 Å². The summed E-state index contributed by atoms with van der Waals surface area (Å²) in [6.07, 6.45) is 2.71. The fourth-order valence-corrected chi connectivity index (χ4v) is 2.45. The van der Waals surface area contributed by atoms with E-state index in [-0.39, 0.29) is 11.5 Å². The number of hydrogen-bond donors (Lipinski definition) is 1. The van der Waals surface area contributed by atoms with E-state index in [1.165, 1.54) is 12.1 Å². The molecule has 0 unspecified atom stereocenters. The third-order valence-electron chi connectivity index (χ3n) is 3.48. The van der Waals surface area contributed by atoms with E-state index in [0.717, 1.165) is 17.5 Å². The summed E-state index contributed by atoms with van der Waals surface area (Å²) in [7, 11) is 0. The Hall–Kier alpha value is -2.55. The fraction of sp³-hybridized carbons (Fsp3) is 0.118. The summed E-state index contributed by atoms with van der Waals surface area (Å²) in [6, 6.07) is 14.3. The van der Waals surface area contributed by atoms with Crippen LogP contribution >= 0.6 is 0 Å². The second kappa shape index (κ2) is 4.85. The van der Waals surface area contributed by atoms with E-state index in [1.54, 1.807) is 12.1 Å². The molecule has 0 radical (unpaired) electrons. The average Bonchev–Trinajstić information content (AvgIpc) is 2.85. The SMILES string of the molecule is CCc1cc2ccccn2c1C(=O)c1ccc(O)cc1. The Morgan fingerprint density at radius 2 is 1.90 bits per heavy atom. The first-order valence-corrected chi connectivity index (χ1v) is 6.63. The summed E-state index contributed by atoms with van der Waals surface area (Å²) in [5, 5.41) is 9.33. The highest BCUT2D eigenvalue weighted by molar-refractivity contribution is 6.09. The number of carbonyl (C=O) groups excluding carboxylic acids is 1. The van der Waals surface area contributed by atoms with Gasteiger partial charge in [0.1, 0.15) is 5.75 Å². The largest absolute Gasteiger partial charge is 0.508 e. The zero-order valence-corrected chi connectivity index (χ0v) is 11.2. The van der Waals surface area contributed by atoms with Gasteiger partial charge in [0.15, 0.2) is 0 Å². The van der Waals surface area contributed by atoms with E-state index < -0.39 is 0 Å². The van der Waals surface area contributed by atoms with Crippen molar-refractivity contribution in [2.45, 2.75) is 13.3 Å². The van der Waals surface area contributed by atoms with E-state index in [2.05, 4.69) is 0 Å². The van der Waals surface area contributed by atoms with Crippen molar-refractivity contribution in [1.82, 2.24) is 4.40 Å². The van der Waals surface area contributed by atoms with Gasteiger partial charge in [0.25, 0.3) is 0 Å². The van der Waals surface area contributed by atoms with E-state index in [4.69, 9.17) is 0 Å². The van der Waals surface area contributed by atoms with Gasteiger partial charge in [-0.15, -0.1) is 0 Å². The van der Waals surface area contributed by atoms with Crippen LogP contribution in [0.4, 0.5) is 0 Å². The lowest BCUT2D eigenvalue weighted by atomic mass is 10.0. The minimum atomic E-state index is -0.0203. The predicted octanol–water partition coefficient (Wildman–Crippen LogP) is 3.44. The van der Waals surface area contributed by atoms with Gasteiger partial charge in [0, 0.05) is 17.3 Å². The van der Waals surface area contributed by atoms with Crippen molar-refractivity contribution in [2.24, 2.45) is 0 Å². The lowest BCUT2D eigenvalue weighted by Gasteiger charge is -2.05. The quantitative estimate of drug-likeness (QED) is 0.737. The van der Waals surface area contributed by atoms with Gasteiger partial charge < -0.3 is 9.51 Å². The fourth-order valence-electron chi connectivity index (χ4n) is 2.45. The number of nitrogens with zero attached hydrogens (tertiary/aromatic N) is 1. The molecule has 3 heteroatoms.